The van der Waals surface area contributed by atoms with E-state index in [-0.39, 0.29) is 15.7 Å². The molecule has 0 aliphatic rings. The lowest BCUT2D eigenvalue weighted by Gasteiger charge is -2.18. The van der Waals surface area contributed by atoms with Gasteiger partial charge in [0.2, 0.25) is 5.91 Å². The van der Waals surface area contributed by atoms with Gasteiger partial charge in [-0.2, -0.15) is 0 Å². The summed E-state index contributed by atoms with van der Waals surface area (Å²) in [5, 5.41) is 9.40. The molecule has 106 valence electrons. The molecule has 0 radical (unpaired) electrons. The van der Waals surface area contributed by atoms with Gasteiger partial charge in [0.15, 0.2) is 0 Å². The van der Waals surface area contributed by atoms with E-state index >= 15 is 0 Å². The Morgan fingerprint density at radius 2 is 1.89 bits per heavy atom. The number of phenols is 1. The van der Waals surface area contributed by atoms with E-state index in [1.54, 1.807) is 20.8 Å². The van der Waals surface area contributed by atoms with Crippen LogP contribution in [0, 0.1) is 5.41 Å². The molecule has 0 saturated heterocycles. The molecule has 0 saturated carbocycles. The van der Waals surface area contributed by atoms with Crippen LogP contribution in [-0.2, 0) is 14.8 Å². The fraction of sp³-hybridized carbons (Fsp3) is 0.364. The van der Waals surface area contributed by atoms with Crippen molar-refractivity contribution in [3.63, 3.8) is 0 Å². The van der Waals surface area contributed by atoms with Crippen molar-refractivity contribution in [3.8, 4) is 5.75 Å². The van der Waals surface area contributed by atoms with Crippen molar-refractivity contribution in [1.29, 1.82) is 0 Å². The number of phenolic OH excluding ortho intramolecular Hbond substituents is 1. The Hall–Kier alpha value is -1.31. The summed E-state index contributed by atoms with van der Waals surface area (Å²) in [7, 11) is -3.96. The third-order valence-corrected chi connectivity index (χ3v) is 3.77. The van der Waals surface area contributed by atoms with E-state index in [1.165, 1.54) is 12.1 Å². The van der Waals surface area contributed by atoms with Gasteiger partial charge < -0.3 is 5.11 Å². The van der Waals surface area contributed by atoms with Gasteiger partial charge in [-0.05, 0) is 12.1 Å². The topological polar surface area (TPSA) is 95.5 Å². The SMILES string of the molecule is CC(C)(C)C(=O)NNS(=O)(=O)c1ccc(Cl)c(O)c1. The average Bonchev–Trinajstić information content (AvgIpc) is 2.28. The summed E-state index contributed by atoms with van der Waals surface area (Å²) in [6.07, 6.45) is 0. The van der Waals surface area contributed by atoms with E-state index in [2.05, 4.69) is 5.43 Å². The highest BCUT2D eigenvalue weighted by atomic mass is 35.5. The van der Waals surface area contributed by atoms with Crippen LogP contribution in [0.25, 0.3) is 0 Å². The predicted molar refractivity (Wildman–Crippen MR) is 71.0 cm³/mol. The first kappa shape index (κ1) is 15.7. The van der Waals surface area contributed by atoms with Crippen molar-refractivity contribution < 1.29 is 18.3 Å². The van der Waals surface area contributed by atoms with Crippen LogP contribution in [0.3, 0.4) is 0 Å². The highest BCUT2D eigenvalue weighted by Gasteiger charge is 2.23. The first-order chi connectivity index (χ1) is 8.54. The van der Waals surface area contributed by atoms with E-state index < -0.39 is 21.3 Å². The number of carbonyl (C=O) groups is 1. The Morgan fingerprint density at radius 1 is 1.32 bits per heavy atom. The summed E-state index contributed by atoms with van der Waals surface area (Å²) in [6.45, 7) is 4.93. The Morgan fingerprint density at radius 3 is 2.37 bits per heavy atom. The molecular formula is C11H15ClN2O4S. The number of amides is 1. The summed E-state index contributed by atoms with van der Waals surface area (Å²) in [5.74, 6) is -0.832. The first-order valence-corrected chi connectivity index (χ1v) is 7.21. The molecule has 0 fully saturated rings. The third-order valence-electron chi connectivity index (χ3n) is 2.21. The van der Waals surface area contributed by atoms with Crippen LogP contribution >= 0.6 is 11.6 Å². The van der Waals surface area contributed by atoms with Crippen molar-refractivity contribution in [1.82, 2.24) is 10.3 Å². The number of carbonyl (C=O) groups excluding carboxylic acids is 1. The molecule has 3 N–H and O–H groups in total. The van der Waals surface area contributed by atoms with Gasteiger partial charge in [-0.25, -0.2) is 8.42 Å². The van der Waals surface area contributed by atoms with E-state index in [9.17, 15) is 18.3 Å². The van der Waals surface area contributed by atoms with Crippen LogP contribution in [0.1, 0.15) is 20.8 Å². The van der Waals surface area contributed by atoms with Gasteiger partial charge in [0.1, 0.15) is 5.75 Å². The van der Waals surface area contributed by atoms with Crippen LogP contribution in [-0.4, -0.2) is 19.4 Å². The largest absolute Gasteiger partial charge is 0.506 e. The van der Waals surface area contributed by atoms with Gasteiger partial charge in [0.05, 0.1) is 9.92 Å². The van der Waals surface area contributed by atoms with E-state index in [4.69, 9.17) is 11.6 Å². The molecule has 6 nitrogen and oxygen atoms in total. The number of sulfonamides is 1. The Labute approximate surface area is 116 Å². The molecule has 19 heavy (non-hydrogen) atoms. The Kier molecular flexibility index (Phi) is 4.44. The molecule has 1 aromatic carbocycles. The zero-order valence-corrected chi connectivity index (χ0v) is 12.3. The van der Waals surface area contributed by atoms with Crippen molar-refractivity contribution >= 4 is 27.5 Å². The molecule has 1 amide bonds. The normalized spacial score (nSPS) is 12.2. The highest BCUT2D eigenvalue weighted by molar-refractivity contribution is 7.89. The number of aromatic hydroxyl groups is 1. The molecule has 0 aliphatic heterocycles. The fourth-order valence-electron chi connectivity index (χ4n) is 1.02. The lowest BCUT2D eigenvalue weighted by Crippen LogP contribution is -2.46. The maximum absolute atomic E-state index is 11.8. The van der Waals surface area contributed by atoms with Gasteiger partial charge in [-0.15, -0.1) is 4.83 Å². The molecule has 0 unspecified atom stereocenters. The maximum atomic E-state index is 11.8. The number of halogens is 1. The van der Waals surface area contributed by atoms with Crippen molar-refractivity contribution in [2.24, 2.45) is 5.41 Å². The summed E-state index contributed by atoms with van der Waals surface area (Å²) in [5.41, 5.74) is 1.37. The summed E-state index contributed by atoms with van der Waals surface area (Å²) >= 11 is 5.58. The number of nitrogens with one attached hydrogen (secondary N) is 2. The van der Waals surface area contributed by atoms with E-state index in [1.807, 2.05) is 4.83 Å². The van der Waals surface area contributed by atoms with Crippen LogP contribution < -0.4 is 10.3 Å². The molecule has 0 bridgehead atoms. The zero-order valence-electron chi connectivity index (χ0n) is 10.7. The molecule has 8 heteroatoms. The van der Waals surface area contributed by atoms with Gasteiger partial charge in [0, 0.05) is 11.5 Å². The summed E-state index contributed by atoms with van der Waals surface area (Å²) in [4.78, 5) is 13.3. The second-order valence-electron chi connectivity index (χ2n) is 4.92. The van der Waals surface area contributed by atoms with Crippen LogP contribution in [0.5, 0.6) is 5.75 Å². The monoisotopic (exact) mass is 306 g/mol. The van der Waals surface area contributed by atoms with E-state index in [0.717, 1.165) is 6.07 Å². The van der Waals surface area contributed by atoms with Crippen LogP contribution in [0.4, 0.5) is 0 Å². The maximum Gasteiger partial charge on any atom is 0.257 e. The third kappa shape index (κ3) is 4.09. The van der Waals surface area contributed by atoms with Crippen molar-refractivity contribution in [2.45, 2.75) is 25.7 Å². The minimum atomic E-state index is -3.96. The molecule has 0 atom stereocenters. The standard InChI is InChI=1S/C11H15ClN2O4S/c1-11(2,3)10(16)13-14-19(17,18)7-4-5-8(12)9(15)6-7/h4-6,14-15H,1-3H3,(H,13,16). The summed E-state index contributed by atoms with van der Waals surface area (Å²) < 4.78 is 23.7. The molecule has 0 aliphatic carbocycles. The first-order valence-electron chi connectivity index (χ1n) is 5.35. The molecule has 0 heterocycles. The number of hydrazine groups is 1. The Balaban J connectivity index is 2.88. The summed E-state index contributed by atoms with van der Waals surface area (Å²) in [6, 6.07) is 3.46. The van der Waals surface area contributed by atoms with E-state index in [0.29, 0.717) is 0 Å². The second kappa shape index (κ2) is 5.36. The number of rotatable bonds is 3. The smallest absolute Gasteiger partial charge is 0.257 e. The average molecular weight is 307 g/mol. The van der Waals surface area contributed by atoms with Crippen molar-refractivity contribution in [3.05, 3.63) is 23.2 Å². The number of hydrogen-bond donors (Lipinski definition) is 3. The lowest BCUT2D eigenvalue weighted by molar-refractivity contribution is -0.129. The fourth-order valence-corrected chi connectivity index (χ4v) is 2.00. The minimum absolute atomic E-state index is 0.0395. The minimum Gasteiger partial charge on any atom is -0.506 e. The van der Waals surface area contributed by atoms with Crippen LogP contribution in [0.2, 0.25) is 5.02 Å². The lowest BCUT2D eigenvalue weighted by atomic mass is 9.96. The molecule has 1 rings (SSSR count). The molecule has 1 aromatic rings. The zero-order chi connectivity index (χ0) is 14.8. The van der Waals surface area contributed by atoms with Crippen molar-refractivity contribution in [2.75, 3.05) is 0 Å². The molecule has 0 aromatic heterocycles. The molecular weight excluding hydrogens is 292 g/mol. The van der Waals surface area contributed by atoms with Gasteiger partial charge in [-0.3, -0.25) is 10.2 Å². The second-order valence-corrected chi connectivity index (χ2v) is 7.01. The quantitative estimate of drug-likeness (QED) is 0.736. The Bertz CT molecular complexity index is 593. The molecule has 0 spiro atoms. The highest BCUT2D eigenvalue weighted by Crippen LogP contribution is 2.25. The van der Waals surface area contributed by atoms with Gasteiger partial charge in [-0.1, -0.05) is 32.4 Å². The number of hydrogen-bond acceptors (Lipinski definition) is 4. The van der Waals surface area contributed by atoms with Gasteiger partial charge >= 0.3 is 0 Å². The van der Waals surface area contributed by atoms with Gasteiger partial charge in [0.25, 0.3) is 10.0 Å². The predicted octanol–water partition coefficient (Wildman–Crippen LogP) is 1.40. The van der Waals surface area contributed by atoms with Crippen LogP contribution in [0.15, 0.2) is 23.1 Å². The number of benzene rings is 1.